The van der Waals surface area contributed by atoms with Crippen molar-refractivity contribution in [2.24, 2.45) is 0 Å². The maximum atomic E-state index is 10.9. The molecule has 7 nitrogen and oxygen atoms in total. The van der Waals surface area contributed by atoms with Gasteiger partial charge in [0.1, 0.15) is 6.33 Å². The molecule has 0 spiro atoms. The zero-order valence-electron chi connectivity index (χ0n) is 9.20. The molecule has 2 aromatic rings. The largest absolute Gasteiger partial charge is 0.432 e. The Morgan fingerprint density at radius 1 is 1.39 bits per heavy atom. The van der Waals surface area contributed by atoms with Crippen molar-refractivity contribution in [2.45, 2.75) is 6.92 Å². The lowest BCUT2D eigenvalue weighted by molar-refractivity contribution is -0.386. The van der Waals surface area contributed by atoms with Gasteiger partial charge >= 0.3 is 11.6 Å². The molecular formula is C10H7ClN4O3. The van der Waals surface area contributed by atoms with Gasteiger partial charge in [0, 0.05) is 6.20 Å². The third kappa shape index (κ3) is 2.35. The highest BCUT2D eigenvalue weighted by Gasteiger charge is 2.24. The van der Waals surface area contributed by atoms with Crippen molar-refractivity contribution in [2.75, 3.05) is 0 Å². The Hall–Kier alpha value is -2.28. The van der Waals surface area contributed by atoms with Crippen LogP contribution in [0.5, 0.6) is 11.6 Å². The zero-order chi connectivity index (χ0) is 13.1. The first-order chi connectivity index (χ1) is 8.59. The molecule has 0 saturated carbocycles. The van der Waals surface area contributed by atoms with E-state index in [4.69, 9.17) is 16.3 Å². The van der Waals surface area contributed by atoms with Crippen LogP contribution in [-0.2, 0) is 0 Å². The summed E-state index contributed by atoms with van der Waals surface area (Å²) in [6.07, 6.45) is 2.68. The number of nitrogens with zero attached hydrogens (tertiary/aromatic N) is 4. The van der Waals surface area contributed by atoms with E-state index in [1.165, 1.54) is 0 Å². The van der Waals surface area contributed by atoms with Gasteiger partial charge in [-0.3, -0.25) is 15.1 Å². The van der Waals surface area contributed by atoms with Gasteiger partial charge in [-0.2, -0.15) is 4.98 Å². The van der Waals surface area contributed by atoms with Crippen LogP contribution < -0.4 is 4.74 Å². The van der Waals surface area contributed by atoms with Crippen molar-refractivity contribution in [3.05, 3.63) is 45.6 Å². The van der Waals surface area contributed by atoms with Crippen molar-refractivity contribution >= 4 is 17.3 Å². The molecule has 92 valence electrons. The van der Waals surface area contributed by atoms with Crippen LogP contribution in [0.2, 0.25) is 5.15 Å². The smallest absolute Gasteiger partial charge is 0.368 e. The summed E-state index contributed by atoms with van der Waals surface area (Å²) >= 11 is 5.64. The number of rotatable bonds is 3. The molecule has 2 heterocycles. The van der Waals surface area contributed by atoms with Crippen LogP contribution >= 0.6 is 11.6 Å². The first-order valence-electron chi connectivity index (χ1n) is 4.84. The summed E-state index contributed by atoms with van der Waals surface area (Å²) in [4.78, 5) is 21.4. The number of pyridine rings is 1. The van der Waals surface area contributed by atoms with Gasteiger partial charge in [0.05, 0.1) is 10.6 Å². The van der Waals surface area contributed by atoms with Crippen LogP contribution in [-0.4, -0.2) is 19.9 Å². The fourth-order valence-corrected chi connectivity index (χ4v) is 1.45. The van der Waals surface area contributed by atoms with E-state index in [1.54, 1.807) is 25.3 Å². The molecule has 2 aromatic heterocycles. The van der Waals surface area contributed by atoms with Crippen LogP contribution in [0, 0.1) is 17.0 Å². The van der Waals surface area contributed by atoms with Gasteiger partial charge in [-0.05, 0) is 19.1 Å². The Bertz CT molecular complexity index is 605. The summed E-state index contributed by atoms with van der Waals surface area (Å²) in [6.45, 7) is 1.71. The molecule has 2 rings (SSSR count). The van der Waals surface area contributed by atoms with Crippen LogP contribution in [0.3, 0.4) is 0 Å². The Balaban J connectivity index is 2.44. The topological polar surface area (TPSA) is 91.0 Å². The number of ether oxygens (including phenoxy) is 1. The molecule has 0 atom stereocenters. The van der Waals surface area contributed by atoms with E-state index in [0.29, 0.717) is 11.4 Å². The molecular weight excluding hydrogens is 260 g/mol. The van der Waals surface area contributed by atoms with Crippen LogP contribution in [0.15, 0.2) is 24.7 Å². The molecule has 8 heteroatoms. The lowest BCUT2D eigenvalue weighted by atomic mass is 10.3. The molecule has 0 aliphatic carbocycles. The van der Waals surface area contributed by atoms with E-state index >= 15 is 0 Å². The Morgan fingerprint density at radius 3 is 2.83 bits per heavy atom. The molecule has 0 unspecified atom stereocenters. The number of aryl methyl sites for hydroxylation is 1. The van der Waals surface area contributed by atoms with Crippen molar-refractivity contribution < 1.29 is 9.66 Å². The first-order valence-corrected chi connectivity index (χ1v) is 5.21. The lowest BCUT2D eigenvalue weighted by Gasteiger charge is -2.06. The van der Waals surface area contributed by atoms with Gasteiger partial charge in [-0.25, -0.2) is 4.98 Å². The molecule has 0 saturated heterocycles. The summed E-state index contributed by atoms with van der Waals surface area (Å²) in [6, 6.07) is 3.28. The summed E-state index contributed by atoms with van der Waals surface area (Å²) in [5.41, 5.74) is 0.115. The van der Waals surface area contributed by atoms with E-state index < -0.39 is 10.6 Å². The molecule has 0 amide bonds. The minimum absolute atomic E-state index is 0.212. The van der Waals surface area contributed by atoms with E-state index in [0.717, 1.165) is 6.33 Å². The van der Waals surface area contributed by atoms with Gasteiger partial charge < -0.3 is 4.74 Å². The van der Waals surface area contributed by atoms with E-state index in [-0.39, 0.29) is 11.0 Å². The number of aromatic nitrogens is 3. The summed E-state index contributed by atoms with van der Waals surface area (Å²) in [5.74, 6) is 0.159. The van der Waals surface area contributed by atoms with Crippen molar-refractivity contribution in [1.82, 2.24) is 15.0 Å². The Labute approximate surface area is 107 Å². The van der Waals surface area contributed by atoms with Crippen molar-refractivity contribution in [3.8, 4) is 11.6 Å². The van der Waals surface area contributed by atoms with Gasteiger partial charge in [0.2, 0.25) is 5.15 Å². The van der Waals surface area contributed by atoms with E-state index in [9.17, 15) is 10.1 Å². The van der Waals surface area contributed by atoms with E-state index in [1.807, 2.05) is 0 Å². The van der Waals surface area contributed by atoms with Gasteiger partial charge in [0.25, 0.3) is 0 Å². The second-order valence-electron chi connectivity index (χ2n) is 3.26. The quantitative estimate of drug-likeness (QED) is 0.482. The average Bonchev–Trinajstić information content (AvgIpc) is 2.31. The number of halogens is 1. The molecule has 0 bridgehead atoms. The van der Waals surface area contributed by atoms with Gasteiger partial charge in [0.15, 0.2) is 5.75 Å². The second-order valence-corrected chi connectivity index (χ2v) is 3.62. The second kappa shape index (κ2) is 4.92. The molecule has 0 aliphatic heterocycles. The van der Waals surface area contributed by atoms with Gasteiger partial charge in [-0.15, -0.1) is 0 Å². The SMILES string of the molecule is Cc1ncccc1Oc1ncnc(Cl)c1[N+](=O)[O-]. The van der Waals surface area contributed by atoms with Crippen LogP contribution in [0.4, 0.5) is 5.69 Å². The first kappa shape index (κ1) is 12.2. The zero-order valence-corrected chi connectivity index (χ0v) is 9.96. The van der Waals surface area contributed by atoms with Gasteiger partial charge in [-0.1, -0.05) is 11.6 Å². The number of hydrogen-bond acceptors (Lipinski definition) is 6. The number of hydrogen-bond donors (Lipinski definition) is 0. The summed E-state index contributed by atoms with van der Waals surface area (Å²) in [7, 11) is 0. The molecule has 18 heavy (non-hydrogen) atoms. The monoisotopic (exact) mass is 266 g/mol. The summed E-state index contributed by atoms with van der Waals surface area (Å²) < 4.78 is 5.34. The maximum absolute atomic E-state index is 10.9. The fourth-order valence-electron chi connectivity index (χ4n) is 1.25. The predicted octanol–water partition coefficient (Wildman–Crippen LogP) is 2.53. The predicted molar refractivity (Wildman–Crippen MR) is 62.7 cm³/mol. The third-order valence-electron chi connectivity index (χ3n) is 2.09. The van der Waals surface area contributed by atoms with Crippen LogP contribution in [0.1, 0.15) is 5.69 Å². The van der Waals surface area contributed by atoms with Crippen molar-refractivity contribution in [3.63, 3.8) is 0 Å². The van der Waals surface area contributed by atoms with E-state index in [2.05, 4.69) is 15.0 Å². The molecule has 0 fully saturated rings. The standard InChI is InChI=1S/C10H7ClN4O3/c1-6-7(3-2-4-12-6)18-10-8(15(16)17)9(11)13-5-14-10/h2-5H,1H3. The Kier molecular flexibility index (Phi) is 3.33. The molecule has 0 radical (unpaired) electrons. The maximum Gasteiger partial charge on any atom is 0.368 e. The van der Waals surface area contributed by atoms with Crippen LogP contribution in [0.25, 0.3) is 0 Å². The number of nitro groups is 1. The summed E-state index contributed by atoms with van der Waals surface area (Å²) in [5, 5.41) is 10.6. The lowest BCUT2D eigenvalue weighted by Crippen LogP contribution is -1.99. The average molecular weight is 267 g/mol. The minimum Gasteiger partial charge on any atom is -0.432 e. The molecule has 0 aromatic carbocycles. The third-order valence-corrected chi connectivity index (χ3v) is 2.37. The fraction of sp³-hybridized carbons (Fsp3) is 0.100. The highest BCUT2D eigenvalue weighted by atomic mass is 35.5. The highest BCUT2D eigenvalue weighted by Crippen LogP contribution is 2.33. The molecule has 0 N–H and O–H groups in total. The highest BCUT2D eigenvalue weighted by molar-refractivity contribution is 6.31. The normalized spacial score (nSPS) is 10.1. The minimum atomic E-state index is -0.691. The molecule has 0 aliphatic rings. The Morgan fingerprint density at radius 2 is 2.17 bits per heavy atom. The van der Waals surface area contributed by atoms with Crippen molar-refractivity contribution in [1.29, 1.82) is 0 Å².